The first-order chi connectivity index (χ1) is 11.9. The molecule has 3 aromatic carbocycles. The van der Waals surface area contributed by atoms with Crippen molar-refractivity contribution in [3.63, 3.8) is 0 Å². The maximum atomic E-state index is 12.6. The normalized spacial score (nSPS) is 11.8. The van der Waals surface area contributed by atoms with Gasteiger partial charge in [0, 0.05) is 0 Å². The molecular formula is C18H14F2O3S2. The van der Waals surface area contributed by atoms with E-state index < -0.39 is 15.9 Å². The Hall–Kier alpha value is -2.12. The smallest absolute Gasteiger partial charge is 0.372 e. The van der Waals surface area contributed by atoms with Crippen LogP contribution in [0.4, 0.5) is 8.78 Å². The summed E-state index contributed by atoms with van der Waals surface area (Å²) < 4.78 is 52.7. The van der Waals surface area contributed by atoms with Gasteiger partial charge in [0.15, 0.2) is 5.75 Å². The van der Waals surface area contributed by atoms with Gasteiger partial charge in [-0.25, -0.2) is 0 Å². The van der Waals surface area contributed by atoms with Crippen LogP contribution in [-0.2, 0) is 10.1 Å². The van der Waals surface area contributed by atoms with Gasteiger partial charge in [-0.05, 0) is 46.4 Å². The van der Waals surface area contributed by atoms with Gasteiger partial charge in [-0.15, -0.1) is 11.8 Å². The topological polar surface area (TPSA) is 43.4 Å². The molecule has 0 atom stereocenters. The van der Waals surface area contributed by atoms with Crippen LogP contribution in [0.15, 0.2) is 65.6 Å². The summed E-state index contributed by atoms with van der Waals surface area (Å²) in [4.78, 5) is 0.476. The quantitative estimate of drug-likeness (QED) is 0.453. The minimum Gasteiger partial charge on any atom is -0.377 e. The van der Waals surface area contributed by atoms with Crippen molar-refractivity contribution in [3.05, 3.63) is 60.7 Å². The molecule has 0 aliphatic carbocycles. The van der Waals surface area contributed by atoms with Crippen LogP contribution in [0.3, 0.4) is 0 Å². The van der Waals surface area contributed by atoms with Crippen LogP contribution in [0, 0.1) is 0 Å². The Balaban J connectivity index is 2.11. The van der Waals surface area contributed by atoms with Gasteiger partial charge < -0.3 is 4.18 Å². The van der Waals surface area contributed by atoms with Crippen LogP contribution in [-0.4, -0.2) is 20.4 Å². The van der Waals surface area contributed by atoms with E-state index in [9.17, 15) is 17.2 Å². The summed E-state index contributed by atoms with van der Waals surface area (Å²) in [5.41, 5.74) is 1.94. The average molecular weight is 380 g/mol. The molecule has 3 nitrogen and oxygen atoms in total. The molecule has 130 valence electrons. The fourth-order valence-corrected chi connectivity index (χ4v) is 3.51. The monoisotopic (exact) mass is 380 g/mol. The first kappa shape index (κ1) is 17.7. The van der Waals surface area contributed by atoms with Gasteiger partial charge in [-0.1, -0.05) is 42.5 Å². The summed E-state index contributed by atoms with van der Waals surface area (Å²) in [5.74, 6) is -3.68. The van der Waals surface area contributed by atoms with Crippen LogP contribution >= 0.6 is 11.8 Å². The summed E-state index contributed by atoms with van der Waals surface area (Å²) >= 11 is 1.23. The maximum Gasteiger partial charge on any atom is 0.372 e. The SMILES string of the molecule is CSc1cc2ccc(-c3ccccc3)cc2cc1OS(=O)(=O)C(F)F. The van der Waals surface area contributed by atoms with E-state index in [1.165, 1.54) is 17.8 Å². The van der Waals surface area contributed by atoms with Crippen LogP contribution in [0.2, 0.25) is 0 Å². The van der Waals surface area contributed by atoms with Gasteiger partial charge in [0.05, 0.1) is 4.90 Å². The molecule has 0 heterocycles. The molecule has 0 fully saturated rings. The Morgan fingerprint density at radius 2 is 1.64 bits per heavy atom. The lowest BCUT2D eigenvalue weighted by molar-refractivity contribution is 0.219. The van der Waals surface area contributed by atoms with E-state index in [1.54, 1.807) is 12.3 Å². The van der Waals surface area contributed by atoms with Crippen LogP contribution in [0.25, 0.3) is 21.9 Å². The second kappa shape index (κ2) is 7.01. The zero-order chi connectivity index (χ0) is 18.0. The van der Waals surface area contributed by atoms with E-state index in [1.807, 2.05) is 48.5 Å². The predicted molar refractivity (Wildman–Crippen MR) is 96.7 cm³/mol. The molecule has 7 heteroatoms. The van der Waals surface area contributed by atoms with Crippen molar-refractivity contribution in [3.8, 4) is 16.9 Å². The third kappa shape index (κ3) is 3.77. The summed E-state index contributed by atoms with van der Waals surface area (Å²) in [6.07, 6.45) is 1.72. The molecule has 0 bridgehead atoms. The summed E-state index contributed by atoms with van der Waals surface area (Å²) in [6, 6.07) is 18.6. The Morgan fingerprint density at radius 3 is 2.28 bits per heavy atom. The molecule has 0 saturated carbocycles. The first-order valence-electron chi connectivity index (χ1n) is 7.29. The minimum atomic E-state index is -4.96. The molecule has 3 rings (SSSR count). The average Bonchev–Trinajstić information content (AvgIpc) is 2.61. The molecule has 0 radical (unpaired) electrons. The molecule has 3 aromatic rings. The van der Waals surface area contributed by atoms with E-state index in [2.05, 4.69) is 4.18 Å². The fraction of sp³-hybridized carbons (Fsp3) is 0.111. The third-order valence-electron chi connectivity index (χ3n) is 3.65. The summed E-state index contributed by atoms with van der Waals surface area (Å²) in [6.45, 7) is 0. The molecule has 0 unspecified atom stereocenters. The Kier molecular flexibility index (Phi) is 4.96. The highest BCUT2D eigenvalue weighted by atomic mass is 32.2. The number of alkyl halides is 2. The summed E-state index contributed by atoms with van der Waals surface area (Å²) in [5, 5.41) is 1.57. The number of benzene rings is 3. The lowest BCUT2D eigenvalue weighted by atomic mass is 10.0. The van der Waals surface area contributed by atoms with Gasteiger partial charge in [-0.2, -0.15) is 17.2 Å². The number of thioether (sulfide) groups is 1. The van der Waals surface area contributed by atoms with Crippen molar-refractivity contribution in [2.24, 2.45) is 0 Å². The molecular weight excluding hydrogens is 366 g/mol. The van der Waals surface area contributed by atoms with Crippen molar-refractivity contribution in [1.82, 2.24) is 0 Å². The largest absolute Gasteiger partial charge is 0.377 e. The molecule has 0 aliphatic rings. The number of halogens is 2. The highest BCUT2D eigenvalue weighted by Crippen LogP contribution is 2.35. The van der Waals surface area contributed by atoms with Gasteiger partial charge in [0.2, 0.25) is 0 Å². The van der Waals surface area contributed by atoms with Gasteiger partial charge in [0.25, 0.3) is 0 Å². The van der Waals surface area contributed by atoms with Crippen LogP contribution in [0.1, 0.15) is 0 Å². The Bertz CT molecular complexity index is 1000. The standard InChI is InChI=1S/C18H14F2O3S2/c1-24-17-11-14-8-7-13(12-5-3-2-4-6-12)9-15(14)10-16(17)23-25(21,22)18(19)20/h2-11,18H,1H3. The summed E-state index contributed by atoms with van der Waals surface area (Å²) in [7, 11) is -4.96. The van der Waals surface area contributed by atoms with Crippen LogP contribution in [0.5, 0.6) is 5.75 Å². The first-order valence-corrected chi connectivity index (χ1v) is 9.99. The van der Waals surface area contributed by atoms with Crippen molar-refractivity contribution in [2.45, 2.75) is 10.7 Å². The van der Waals surface area contributed by atoms with Crippen molar-refractivity contribution < 1.29 is 21.4 Å². The van der Waals surface area contributed by atoms with Gasteiger partial charge >= 0.3 is 15.9 Å². The van der Waals surface area contributed by atoms with Gasteiger partial charge in [0.1, 0.15) is 0 Å². The van der Waals surface area contributed by atoms with Crippen molar-refractivity contribution in [1.29, 1.82) is 0 Å². The molecule has 0 aliphatic heterocycles. The zero-order valence-corrected chi connectivity index (χ0v) is 14.8. The predicted octanol–water partition coefficient (Wildman–Crippen LogP) is 5.16. The fourth-order valence-electron chi connectivity index (χ4n) is 2.45. The second-order valence-electron chi connectivity index (χ2n) is 5.27. The number of hydrogen-bond acceptors (Lipinski definition) is 4. The molecule has 0 saturated heterocycles. The zero-order valence-electron chi connectivity index (χ0n) is 13.1. The molecule has 0 amide bonds. The minimum absolute atomic E-state index is 0.0921. The van der Waals surface area contributed by atoms with Gasteiger partial charge in [-0.3, -0.25) is 0 Å². The van der Waals surface area contributed by atoms with E-state index in [-0.39, 0.29) is 5.75 Å². The second-order valence-corrected chi connectivity index (χ2v) is 7.62. The highest BCUT2D eigenvalue weighted by Gasteiger charge is 2.27. The number of fused-ring (bicyclic) bond motifs is 1. The van der Waals surface area contributed by atoms with Crippen molar-refractivity contribution >= 4 is 32.7 Å². The lowest BCUT2D eigenvalue weighted by Crippen LogP contribution is -2.18. The molecule has 0 N–H and O–H groups in total. The van der Waals surface area contributed by atoms with E-state index >= 15 is 0 Å². The number of rotatable bonds is 5. The Morgan fingerprint density at radius 1 is 0.920 bits per heavy atom. The third-order valence-corrected chi connectivity index (χ3v) is 5.26. The van der Waals surface area contributed by atoms with E-state index in [0.717, 1.165) is 16.5 Å². The maximum absolute atomic E-state index is 12.6. The van der Waals surface area contributed by atoms with Crippen molar-refractivity contribution in [2.75, 3.05) is 6.26 Å². The van der Waals surface area contributed by atoms with E-state index in [4.69, 9.17) is 0 Å². The molecule has 25 heavy (non-hydrogen) atoms. The Labute approximate surface area is 148 Å². The molecule has 0 aromatic heterocycles. The van der Waals surface area contributed by atoms with E-state index in [0.29, 0.717) is 10.3 Å². The lowest BCUT2D eigenvalue weighted by Gasteiger charge is -2.12. The molecule has 0 spiro atoms. The highest BCUT2D eigenvalue weighted by molar-refractivity contribution is 7.98. The van der Waals surface area contributed by atoms with Crippen LogP contribution < -0.4 is 4.18 Å². The number of hydrogen-bond donors (Lipinski definition) is 0.